The van der Waals surface area contributed by atoms with Crippen LogP contribution >= 0.6 is 0 Å². The number of aromatic nitrogens is 2. The minimum Gasteiger partial charge on any atom is -0.384 e. The summed E-state index contributed by atoms with van der Waals surface area (Å²) < 4.78 is 2.20. The van der Waals surface area contributed by atoms with Gasteiger partial charge < -0.3 is 10.3 Å². The highest BCUT2D eigenvalue weighted by atomic mass is 15.1. The average molecular weight is 235 g/mol. The van der Waals surface area contributed by atoms with Crippen molar-refractivity contribution in [2.45, 2.75) is 71.3 Å². The first-order valence-electron chi connectivity index (χ1n) is 7.12. The molecular formula is C14H25N3. The molecule has 0 unspecified atom stereocenters. The molecule has 1 heterocycles. The number of nitrogens with two attached hydrogens (primary N) is 1. The molecule has 0 bridgehead atoms. The third-order valence-electron chi connectivity index (χ3n) is 3.90. The summed E-state index contributed by atoms with van der Waals surface area (Å²) in [5, 5.41) is 0. The lowest BCUT2D eigenvalue weighted by molar-refractivity contribution is 0.438. The number of hydrogen-bond acceptors (Lipinski definition) is 2. The van der Waals surface area contributed by atoms with Crippen LogP contribution in [0.25, 0.3) is 0 Å². The number of imidazole rings is 1. The van der Waals surface area contributed by atoms with E-state index in [1.54, 1.807) is 0 Å². The quantitative estimate of drug-likeness (QED) is 0.868. The van der Waals surface area contributed by atoms with Gasteiger partial charge >= 0.3 is 0 Å². The number of aryl methyl sites for hydroxylation is 1. The molecule has 1 aromatic rings. The predicted molar refractivity (Wildman–Crippen MR) is 72.1 cm³/mol. The second-order valence-electron chi connectivity index (χ2n) is 5.13. The van der Waals surface area contributed by atoms with Crippen molar-refractivity contribution in [3.8, 4) is 0 Å². The molecule has 17 heavy (non-hydrogen) atoms. The lowest BCUT2D eigenvalue weighted by Gasteiger charge is -2.20. The highest BCUT2D eigenvalue weighted by Gasteiger charge is 2.23. The Labute approximate surface area is 104 Å². The molecule has 0 atom stereocenters. The zero-order valence-corrected chi connectivity index (χ0v) is 11.2. The van der Waals surface area contributed by atoms with Gasteiger partial charge in [-0.1, -0.05) is 26.2 Å². The first-order chi connectivity index (χ1) is 8.27. The van der Waals surface area contributed by atoms with Crippen molar-refractivity contribution in [2.75, 3.05) is 5.73 Å². The van der Waals surface area contributed by atoms with Crippen molar-refractivity contribution >= 4 is 5.82 Å². The van der Waals surface area contributed by atoms with Gasteiger partial charge in [0.15, 0.2) is 0 Å². The number of hydrogen-bond donors (Lipinski definition) is 1. The van der Waals surface area contributed by atoms with Crippen LogP contribution in [0.5, 0.6) is 0 Å². The van der Waals surface area contributed by atoms with Gasteiger partial charge in [0.25, 0.3) is 0 Å². The van der Waals surface area contributed by atoms with Gasteiger partial charge in [-0.3, -0.25) is 0 Å². The van der Waals surface area contributed by atoms with E-state index in [4.69, 9.17) is 10.7 Å². The second kappa shape index (κ2) is 5.56. The molecule has 2 rings (SSSR count). The number of nitrogens with zero attached hydrogens (tertiary/aromatic N) is 2. The fourth-order valence-corrected chi connectivity index (χ4v) is 2.98. The molecule has 1 saturated carbocycles. The summed E-state index contributed by atoms with van der Waals surface area (Å²) >= 11 is 0. The minimum absolute atomic E-state index is 0.618. The molecule has 1 fully saturated rings. The highest BCUT2D eigenvalue weighted by Crippen LogP contribution is 2.35. The molecule has 3 nitrogen and oxygen atoms in total. The maximum Gasteiger partial charge on any atom is 0.127 e. The van der Waals surface area contributed by atoms with Crippen LogP contribution in [-0.2, 0) is 13.0 Å². The Morgan fingerprint density at radius 2 is 1.94 bits per heavy atom. The van der Waals surface area contributed by atoms with E-state index < -0.39 is 0 Å². The van der Waals surface area contributed by atoms with Crippen LogP contribution in [0.2, 0.25) is 0 Å². The molecule has 1 aromatic heterocycles. The van der Waals surface area contributed by atoms with Gasteiger partial charge in [0.05, 0.1) is 5.69 Å². The van der Waals surface area contributed by atoms with E-state index in [-0.39, 0.29) is 0 Å². The first kappa shape index (κ1) is 12.5. The molecule has 2 N–H and O–H groups in total. The number of anilines is 1. The van der Waals surface area contributed by atoms with Crippen LogP contribution in [0.1, 0.15) is 69.8 Å². The summed E-state index contributed by atoms with van der Waals surface area (Å²) in [7, 11) is 0. The van der Waals surface area contributed by atoms with Crippen LogP contribution < -0.4 is 5.73 Å². The van der Waals surface area contributed by atoms with E-state index in [0.717, 1.165) is 25.2 Å². The molecule has 0 aromatic carbocycles. The third-order valence-corrected chi connectivity index (χ3v) is 3.90. The summed E-state index contributed by atoms with van der Waals surface area (Å²) in [5.41, 5.74) is 7.47. The molecule has 0 aliphatic heterocycles. The summed E-state index contributed by atoms with van der Waals surface area (Å²) in [4.78, 5) is 4.83. The topological polar surface area (TPSA) is 43.8 Å². The average Bonchev–Trinajstić information content (AvgIpc) is 2.67. The highest BCUT2D eigenvalue weighted by molar-refractivity contribution is 5.41. The molecule has 0 radical (unpaired) electrons. The Morgan fingerprint density at radius 3 is 2.53 bits per heavy atom. The second-order valence-corrected chi connectivity index (χ2v) is 5.13. The lowest BCUT2D eigenvalue weighted by Crippen LogP contribution is -2.09. The Kier molecular flexibility index (Phi) is 4.08. The van der Waals surface area contributed by atoms with E-state index in [9.17, 15) is 0 Å². The predicted octanol–water partition coefficient (Wildman–Crippen LogP) is 3.49. The molecule has 3 heteroatoms. The first-order valence-corrected chi connectivity index (χ1v) is 7.12. The van der Waals surface area contributed by atoms with Crippen molar-refractivity contribution in [3.05, 3.63) is 11.5 Å². The smallest absolute Gasteiger partial charge is 0.127 e. The SMILES string of the molecule is CCCc1nc(C2CCCCC2)c(N)n1CC. The van der Waals surface area contributed by atoms with Gasteiger partial charge in [-0.25, -0.2) is 4.98 Å². The molecule has 0 saturated heterocycles. The van der Waals surface area contributed by atoms with Crippen LogP contribution in [0, 0.1) is 0 Å². The van der Waals surface area contributed by atoms with Crippen LogP contribution in [0.3, 0.4) is 0 Å². The summed E-state index contributed by atoms with van der Waals surface area (Å²) in [6, 6.07) is 0. The minimum atomic E-state index is 0.618. The van der Waals surface area contributed by atoms with Crippen LogP contribution in [0.4, 0.5) is 5.82 Å². The standard InChI is InChI=1S/C14H25N3/c1-3-8-12-16-13(14(15)17(12)4-2)11-9-6-5-7-10-11/h11H,3-10,15H2,1-2H3. The van der Waals surface area contributed by atoms with Crippen LogP contribution in [0.15, 0.2) is 0 Å². The number of rotatable bonds is 4. The Balaban J connectivity index is 2.26. The zero-order valence-electron chi connectivity index (χ0n) is 11.2. The van der Waals surface area contributed by atoms with Gasteiger partial charge in [-0.05, 0) is 26.2 Å². The van der Waals surface area contributed by atoms with E-state index in [0.29, 0.717) is 5.92 Å². The fraction of sp³-hybridized carbons (Fsp3) is 0.786. The third kappa shape index (κ3) is 2.48. The normalized spacial score (nSPS) is 17.5. The molecule has 1 aliphatic rings. The maximum absolute atomic E-state index is 6.28. The Bertz CT molecular complexity index is 362. The Morgan fingerprint density at radius 1 is 1.24 bits per heavy atom. The molecular weight excluding hydrogens is 210 g/mol. The van der Waals surface area contributed by atoms with E-state index >= 15 is 0 Å². The lowest BCUT2D eigenvalue weighted by atomic mass is 9.87. The molecule has 1 aliphatic carbocycles. The van der Waals surface area contributed by atoms with Crippen molar-refractivity contribution in [1.29, 1.82) is 0 Å². The zero-order chi connectivity index (χ0) is 12.3. The van der Waals surface area contributed by atoms with Gasteiger partial charge in [0.1, 0.15) is 11.6 Å². The largest absolute Gasteiger partial charge is 0.384 e. The van der Waals surface area contributed by atoms with Gasteiger partial charge in [0.2, 0.25) is 0 Å². The van der Waals surface area contributed by atoms with Crippen molar-refractivity contribution in [2.24, 2.45) is 0 Å². The summed E-state index contributed by atoms with van der Waals surface area (Å²) in [6.07, 6.45) is 8.80. The van der Waals surface area contributed by atoms with Crippen molar-refractivity contribution in [1.82, 2.24) is 9.55 Å². The summed E-state index contributed by atoms with van der Waals surface area (Å²) in [6.45, 7) is 5.30. The summed E-state index contributed by atoms with van der Waals surface area (Å²) in [5.74, 6) is 2.74. The molecule has 0 spiro atoms. The van der Waals surface area contributed by atoms with E-state index in [1.807, 2.05) is 0 Å². The van der Waals surface area contributed by atoms with Crippen LogP contribution in [-0.4, -0.2) is 9.55 Å². The van der Waals surface area contributed by atoms with Gasteiger partial charge in [-0.2, -0.15) is 0 Å². The van der Waals surface area contributed by atoms with Crippen molar-refractivity contribution in [3.63, 3.8) is 0 Å². The van der Waals surface area contributed by atoms with Gasteiger partial charge in [0, 0.05) is 18.9 Å². The van der Waals surface area contributed by atoms with Gasteiger partial charge in [-0.15, -0.1) is 0 Å². The maximum atomic E-state index is 6.28. The van der Waals surface area contributed by atoms with E-state index in [2.05, 4.69) is 18.4 Å². The Hall–Kier alpha value is -0.990. The monoisotopic (exact) mass is 235 g/mol. The fourth-order valence-electron chi connectivity index (χ4n) is 2.98. The molecule has 0 amide bonds. The van der Waals surface area contributed by atoms with Crippen molar-refractivity contribution < 1.29 is 0 Å². The van der Waals surface area contributed by atoms with E-state index in [1.165, 1.54) is 43.6 Å². The molecule has 96 valence electrons. The number of nitrogen functional groups attached to an aromatic ring is 1.